The standard InChI is InChI=1S/C15H20N2O2/c16-13-6-9-17(11-15(13)7-8-15)14(18)19-10-12-4-2-1-3-5-12/h1-5,13H,6-11,16H2/t13-/m1/s1. The molecule has 1 saturated carbocycles. The molecular formula is C15H20N2O2. The van der Waals surface area contributed by atoms with E-state index in [-0.39, 0.29) is 17.6 Å². The lowest BCUT2D eigenvalue weighted by Crippen LogP contribution is -2.50. The van der Waals surface area contributed by atoms with Crippen LogP contribution in [0.3, 0.4) is 0 Å². The summed E-state index contributed by atoms with van der Waals surface area (Å²) >= 11 is 0. The van der Waals surface area contributed by atoms with Crippen molar-refractivity contribution in [3.63, 3.8) is 0 Å². The average Bonchev–Trinajstić information content (AvgIpc) is 3.21. The van der Waals surface area contributed by atoms with Crippen LogP contribution in [0.25, 0.3) is 0 Å². The van der Waals surface area contributed by atoms with Gasteiger partial charge in [-0.25, -0.2) is 4.79 Å². The maximum atomic E-state index is 12.1. The zero-order valence-corrected chi connectivity index (χ0v) is 11.0. The largest absolute Gasteiger partial charge is 0.445 e. The van der Waals surface area contributed by atoms with Crippen LogP contribution in [0.5, 0.6) is 0 Å². The van der Waals surface area contributed by atoms with Gasteiger partial charge in [0.25, 0.3) is 0 Å². The second-order valence-electron chi connectivity index (χ2n) is 5.72. The van der Waals surface area contributed by atoms with Crippen molar-refractivity contribution in [1.29, 1.82) is 0 Å². The molecule has 0 bridgehead atoms. The predicted molar refractivity (Wildman–Crippen MR) is 72.5 cm³/mol. The summed E-state index contributed by atoms with van der Waals surface area (Å²) in [5.74, 6) is 0. The highest BCUT2D eigenvalue weighted by molar-refractivity contribution is 5.68. The SMILES string of the molecule is N[C@@H]1CCN(C(=O)OCc2ccccc2)CC12CC2. The lowest BCUT2D eigenvalue weighted by atomic mass is 9.90. The maximum Gasteiger partial charge on any atom is 0.410 e. The van der Waals surface area contributed by atoms with Crippen molar-refractivity contribution in [2.45, 2.75) is 31.9 Å². The van der Waals surface area contributed by atoms with Crippen LogP contribution in [0.1, 0.15) is 24.8 Å². The van der Waals surface area contributed by atoms with Crippen molar-refractivity contribution in [3.05, 3.63) is 35.9 Å². The molecule has 2 fully saturated rings. The Labute approximate surface area is 113 Å². The normalized spacial score (nSPS) is 24.3. The van der Waals surface area contributed by atoms with Crippen LogP contribution in [-0.4, -0.2) is 30.1 Å². The molecule has 1 heterocycles. The zero-order chi connectivity index (χ0) is 13.3. The Morgan fingerprint density at radius 1 is 1.37 bits per heavy atom. The van der Waals surface area contributed by atoms with Gasteiger partial charge in [-0.05, 0) is 24.8 Å². The molecule has 1 saturated heterocycles. The van der Waals surface area contributed by atoms with Gasteiger partial charge in [-0.15, -0.1) is 0 Å². The van der Waals surface area contributed by atoms with Crippen LogP contribution in [-0.2, 0) is 11.3 Å². The van der Waals surface area contributed by atoms with Crippen molar-refractivity contribution < 1.29 is 9.53 Å². The second-order valence-corrected chi connectivity index (χ2v) is 5.72. The van der Waals surface area contributed by atoms with E-state index in [9.17, 15) is 4.79 Å². The molecule has 4 heteroatoms. The molecule has 3 rings (SSSR count). The van der Waals surface area contributed by atoms with E-state index in [0.29, 0.717) is 6.61 Å². The number of rotatable bonds is 2. The summed E-state index contributed by atoms with van der Waals surface area (Å²) < 4.78 is 5.37. The first-order chi connectivity index (χ1) is 9.20. The number of nitrogens with two attached hydrogens (primary N) is 1. The highest BCUT2D eigenvalue weighted by atomic mass is 16.6. The molecule has 102 valence electrons. The van der Waals surface area contributed by atoms with Gasteiger partial charge in [0.1, 0.15) is 6.61 Å². The van der Waals surface area contributed by atoms with Crippen molar-refractivity contribution >= 4 is 6.09 Å². The molecule has 1 atom stereocenters. The number of ether oxygens (including phenoxy) is 1. The third-order valence-electron chi connectivity index (χ3n) is 4.36. The van der Waals surface area contributed by atoms with Crippen LogP contribution in [0.4, 0.5) is 4.79 Å². The minimum atomic E-state index is -0.206. The smallest absolute Gasteiger partial charge is 0.410 e. The van der Waals surface area contributed by atoms with Crippen molar-refractivity contribution in [1.82, 2.24) is 4.90 Å². The van der Waals surface area contributed by atoms with Crippen LogP contribution < -0.4 is 5.73 Å². The van der Waals surface area contributed by atoms with E-state index in [1.165, 1.54) is 0 Å². The molecule has 1 aliphatic heterocycles. The minimum Gasteiger partial charge on any atom is -0.445 e. The average molecular weight is 260 g/mol. The first-order valence-corrected chi connectivity index (χ1v) is 6.91. The molecule has 1 aromatic rings. The van der Waals surface area contributed by atoms with Gasteiger partial charge in [-0.3, -0.25) is 0 Å². The molecule has 0 aromatic heterocycles. The van der Waals surface area contributed by atoms with Gasteiger partial charge >= 0.3 is 6.09 Å². The van der Waals surface area contributed by atoms with Crippen LogP contribution in [0.15, 0.2) is 30.3 Å². The fourth-order valence-electron chi connectivity index (χ4n) is 2.83. The molecular weight excluding hydrogens is 240 g/mol. The highest BCUT2D eigenvalue weighted by Gasteiger charge is 2.51. The van der Waals surface area contributed by atoms with Gasteiger partial charge in [0.05, 0.1) is 0 Å². The zero-order valence-electron chi connectivity index (χ0n) is 11.0. The summed E-state index contributed by atoms with van der Waals surface area (Å²) in [7, 11) is 0. The molecule has 0 unspecified atom stereocenters. The van der Waals surface area contributed by atoms with Crippen LogP contribution in [0.2, 0.25) is 0 Å². The summed E-state index contributed by atoms with van der Waals surface area (Å²) in [5.41, 5.74) is 7.34. The molecule has 1 aliphatic carbocycles. The van der Waals surface area contributed by atoms with Crippen LogP contribution >= 0.6 is 0 Å². The lowest BCUT2D eigenvalue weighted by molar-refractivity contribution is 0.0704. The fourth-order valence-corrected chi connectivity index (χ4v) is 2.83. The molecule has 1 aromatic carbocycles. The second kappa shape index (κ2) is 4.85. The molecule has 2 aliphatic rings. The van der Waals surface area contributed by atoms with Gasteiger partial charge in [-0.2, -0.15) is 0 Å². The number of hydrogen-bond acceptors (Lipinski definition) is 3. The van der Waals surface area contributed by atoms with Crippen molar-refractivity contribution in [3.8, 4) is 0 Å². The Balaban J connectivity index is 1.53. The molecule has 0 radical (unpaired) electrons. The quantitative estimate of drug-likeness (QED) is 0.886. The van der Waals surface area contributed by atoms with E-state index in [2.05, 4.69) is 0 Å². The number of nitrogens with zero attached hydrogens (tertiary/aromatic N) is 1. The molecule has 2 N–H and O–H groups in total. The first kappa shape index (κ1) is 12.5. The lowest BCUT2D eigenvalue weighted by Gasteiger charge is -2.36. The van der Waals surface area contributed by atoms with Crippen LogP contribution in [0, 0.1) is 5.41 Å². The summed E-state index contributed by atoms with van der Waals surface area (Å²) in [4.78, 5) is 13.9. The Kier molecular flexibility index (Phi) is 3.19. The Morgan fingerprint density at radius 2 is 2.11 bits per heavy atom. The number of hydrogen-bond donors (Lipinski definition) is 1. The Hall–Kier alpha value is -1.55. The van der Waals surface area contributed by atoms with Gasteiger partial charge in [0.15, 0.2) is 0 Å². The Bertz CT molecular complexity index is 456. The van der Waals surface area contributed by atoms with E-state index < -0.39 is 0 Å². The first-order valence-electron chi connectivity index (χ1n) is 6.91. The fraction of sp³-hybridized carbons (Fsp3) is 0.533. The molecule has 19 heavy (non-hydrogen) atoms. The number of piperidine rings is 1. The topological polar surface area (TPSA) is 55.6 Å². The van der Waals surface area contributed by atoms with E-state index in [1.807, 2.05) is 35.2 Å². The predicted octanol–water partition coefficient (Wildman–Crippen LogP) is 2.14. The monoisotopic (exact) mass is 260 g/mol. The number of amides is 1. The highest BCUT2D eigenvalue weighted by Crippen LogP contribution is 2.51. The van der Waals surface area contributed by atoms with Gasteiger partial charge in [0, 0.05) is 24.5 Å². The number of likely N-dealkylation sites (tertiary alicyclic amines) is 1. The van der Waals surface area contributed by atoms with Crippen molar-refractivity contribution in [2.24, 2.45) is 11.1 Å². The van der Waals surface area contributed by atoms with E-state index >= 15 is 0 Å². The molecule has 4 nitrogen and oxygen atoms in total. The third kappa shape index (κ3) is 2.59. The number of benzene rings is 1. The van der Waals surface area contributed by atoms with E-state index in [4.69, 9.17) is 10.5 Å². The summed E-state index contributed by atoms with van der Waals surface area (Å²) in [6.07, 6.45) is 2.98. The molecule has 1 spiro atoms. The number of carbonyl (C=O) groups excluding carboxylic acids is 1. The summed E-state index contributed by atoms with van der Waals surface area (Å²) in [5, 5.41) is 0. The maximum absolute atomic E-state index is 12.1. The summed E-state index contributed by atoms with van der Waals surface area (Å²) in [6.45, 7) is 1.83. The van der Waals surface area contributed by atoms with Gasteiger partial charge < -0.3 is 15.4 Å². The Morgan fingerprint density at radius 3 is 2.79 bits per heavy atom. The minimum absolute atomic E-state index is 0.198. The molecule has 1 amide bonds. The van der Waals surface area contributed by atoms with E-state index in [0.717, 1.165) is 37.9 Å². The number of carbonyl (C=O) groups is 1. The van der Waals surface area contributed by atoms with Gasteiger partial charge in [0.2, 0.25) is 0 Å². The van der Waals surface area contributed by atoms with E-state index in [1.54, 1.807) is 0 Å². The summed E-state index contributed by atoms with van der Waals surface area (Å²) in [6, 6.07) is 10.0. The van der Waals surface area contributed by atoms with Gasteiger partial charge in [-0.1, -0.05) is 30.3 Å². The van der Waals surface area contributed by atoms with Crippen molar-refractivity contribution in [2.75, 3.05) is 13.1 Å². The third-order valence-corrected chi connectivity index (χ3v) is 4.36.